The van der Waals surface area contributed by atoms with Gasteiger partial charge in [0.15, 0.2) is 6.29 Å². The molecule has 0 spiro atoms. The van der Waals surface area contributed by atoms with Crippen LogP contribution < -0.4 is 0 Å². The van der Waals surface area contributed by atoms with Crippen LogP contribution in [0.5, 0.6) is 5.75 Å². The lowest BCUT2D eigenvalue weighted by molar-refractivity contribution is 0.112. The van der Waals surface area contributed by atoms with Crippen LogP contribution in [-0.2, 0) is 0 Å². The fraction of sp³-hybridized carbons (Fsp3) is 0.222. The lowest BCUT2D eigenvalue weighted by Crippen LogP contribution is -1.79. The Bertz CT molecular complexity index is 259. The van der Waals surface area contributed by atoms with Crippen LogP contribution in [0.15, 0.2) is 22.7 Å². The Morgan fingerprint density at radius 2 is 2.00 bits per heavy atom. The van der Waals surface area contributed by atoms with Crippen LogP contribution in [0.3, 0.4) is 0 Å². The number of carbonyl (C=O) groups is 1. The summed E-state index contributed by atoms with van der Waals surface area (Å²) in [5, 5.41) is 8.98. The number of rotatable bonds is 1. The lowest BCUT2D eigenvalue weighted by Gasteiger charge is -1.95. The number of phenols is 1. The molecule has 0 saturated heterocycles. The molecule has 1 N–H and O–H groups in total. The van der Waals surface area contributed by atoms with E-state index in [4.69, 9.17) is 5.11 Å². The van der Waals surface area contributed by atoms with Gasteiger partial charge in [-0.2, -0.15) is 0 Å². The third kappa shape index (κ3) is 3.05. The summed E-state index contributed by atoms with van der Waals surface area (Å²) < 4.78 is 0.785. The molecule has 2 nitrogen and oxygen atoms in total. The SMILES string of the molecule is CC.O=Cc1cc(Br)ccc1O. The molecule has 66 valence electrons. The Morgan fingerprint density at radius 3 is 2.42 bits per heavy atom. The third-order valence-corrected chi connectivity index (χ3v) is 1.61. The zero-order chi connectivity index (χ0) is 9.56. The molecule has 0 aromatic heterocycles. The van der Waals surface area contributed by atoms with E-state index in [0.29, 0.717) is 11.8 Å². The van der Waals surface area contributed by atoms with Gasteiger partial charge < -0.3 is 5.11 Å². The summed E-state index contributed by atoms with van der Waals surface area (Å²) in [5.74, 6) is 0.0122. The van der Waals surface area contributed by atoms with Crippen LogP contribution in [0.1, 0.15) is 24.2 Å². The first-order valence-electron chi connectivity index (χ1n) is 3.68. The van der Waals surface area contributed by atoms with Gasteiger partial charge in [0.25, 0.3) is 0 Å². The second-order valence-corrected chi connectivity index (χ2v) is 2.74. The van der Waals surface area contributed by atoms with Gasteiger partial charge in [-0.25, -0.2) is 0 Å². The fourth-order valence-electron chi connectivity index (χ4n) is 0.620. The molecule has 0 aliphatic heterocycles. The van der Waals surface area contributed by atoms with E-state index in [1.54, 1.807) is 12.1 Å². The zero-order valence-corrected chi connectivity index (χ0v) is 8.63. The molecule has 0 radical (unpaired) electrons. The van der Waals surface area contributed by atoms with Crippen molar-refractivity contribution in [3.63, 3.8) is 0 Å². The van der Waals surface area contributed by atoms with Gasteiger partial charge in [-0.05, 0) is 18.2 Å². The maximum absolute atomic E-state index is 10.2. The molecule has 0 aliphatic carbocycles. The molecule has 12 heavy (non-hydrogen) atoms. The van der Waals surface area contributed by atoms with Crippen molar-refractivity contribution in [3.8, 4) is 5.75 Å². The van der Waals surface area contributed by atoms with Crippen molar-refractivity contribution in [1.29, 1.82) is 0 Å². The monoisotopic (exact) mass is 230 g/mol. The van der Waals surface area contributed by atoms with Gasteiger partial charge in [0, 0.05) is 4.47 Å². The van der Waals surface area contributed by atoms with Gasteiger partial charge in [0.2, 0.25) is 0 Å². The minimum absolute atomic E-state index is 0.0122. The van der Waals surface area contributed by atoms with Crippen molar-refractivity contribution >= 4 is 22.2 Å². The predicted molar refractivity (Wildman–Crippen MR) is 52.5 cm³/mol. The van der Waals surface area contributed by atoms with Crippen molar-refractivity contribution in [2.75, 3.05) is 0 Å². The van der Waals surface area contributed by atoms with E-state index in [2.05, 4.69) is 15.9 Å². The Labute approximate surface area is 80.4 Å². The third-order valence-electron chi connectivity index (χ3n) is 1.12. The van der Waals surface area contributed by atoms with Gasteiger partial charge >= 0.3 is 0 Å². The second kappa shape index (κ2) is 5.77. The number of phenolic OH excluding ortho intramolecular Hbond substituents is 1. The molecule has 1 aromatic rings. The molecule has 0 atom stereocenters. The standard InChI is InChI=1S/C7H5BrO2.C2H6/c8-6-1-2-7(10)5(3-6)4-9;1-2/h1-4,10H;1-2H3. The highest BCUT2D eigenvalue weighted by atomic mass is 79.9. The number of carbonyl (C=O) groups excluding carboxylic acids is 1. The van der Waals surface area contributed by atoms with Crippen molar-refractivity contribution in [2.45, 2.75) is 13.8 Å². The quantitative estimate of drug-likeness (QED) is 0.754. The van der Waals surface area contributed by atoms with Gasteiger partial charge in [-0.15, -0.1) is 0 Å². The normalized spacial score (nSPS) is 8.25. The molecule has 3 heteroatoms. The van der Waals surface area contributed by atoms with E-state index in [0.717, 1.165) is 4.47 Å². The number of aromatic hydroxyl groups is 1. The lowest BCUT2D eigenvalue weighted by atomic mass is 10.2. The molecular weight excluding hydrogens is 220 g/mol. The molecular formula is C9H11BrO2. The van der Waals surface area contributed by atoms with E-state index in [-0.39, 0.29) is 5.75 Å². The van der Waals surface area contributed by atoms with Crippen molar-refractivity contribution < 1.29 is 9.90 Å². The van der Waals surface area contributed by atoms with Crippen LogP contribution >= 0.6 is 15.9 Å². The first-order valence-corrected chi connectivity index (χ1v) is 4.47. The molecule has 0 bridgehead atoms. The summed E-state index contributed by atoms with van der Waals surface area (Å²) in [6, 6.07) is 4.69. The first kappa shape index (κ1) is 11.2. The number of hydrogen-bond acceptors (Lipinski definition) is 2. The molecule has 1 aromatic carbocycles. The number of benzene rings is 1. The number of aldehydes is 1. The molecule has 0 heterocycles. The smallest absolute Gasteiger partial charge is 0.153 e. The Kier molecular flexibility index (Phi) is 5.37. The summed E-state index contributed by atoms with van der Waals surface area (Å²) in [6.45, 7) is 4.00. The van der Waals surface area contributed by atoms with Crippen LogP contribution in [0, 0.1) is 0 Å². The topological polar surface area (TPSA) is 37.3 Å². The van der Waals surface area contributed by atoms with Crippen molar-refractivity contribution in [1.82, 2.24) is 0 Å². The highest BCUT2D eigenvalue weighted by Gasteiger charge is 1.97. The average Bonchev–Trinajstić information content (AvgIpc) is 2.13. The summed E-state index contributed by atoms with van der Waals surface area (Å²) in [6.07, 6.45) is 0.611. The van der Waals surface area contributed by atoms with Gasteiger partial charge in [0.1, 0.15) is 5.75 Å². The van der Waals surface area contributed by atoms with E-state index in [1.165, 1.54) is 6.07 Å². The van der Waals surface area contributed by atoms with E-state index >= 15 is 0 Å². The maximum Gasteiger partial charge on any atom is 0.153 e. The number of hydrogen-bond donors (Lipinski definition) is 1. The highest BCUT2D eigenvalue weighted by Crippen LogP contribution is 2.19. The van der Waals surface area contributed by atoms with E-state index in [1.807, 2.05) is 13.8 Å². The van der Waals surface area contributed by atoms with E-state index in [9.17, 15) is 4.79 Å². The second-order valence-electron chi connectivity index (χ2n) is 1.82. The highest BCUT2D eigenvalue weighted by molar-refractivity contribution is 9.10. The molecule has 0 aliphatic rings. The van der Waals surface area contributed by atoms with Crippen LogP contribution in [-0.4, -0.2) is 11.4 Å². The van der Waals surface area contributed by atoms with E-state index < -0.39 is 0 Å². The minimum Gasteiger partial charge on any atom is -0.507 e. The summed E-state index contributed by atoms with van der Waals surface area (Å²) >= 11 is 3.17. The average molecular weight is 231 g/mol. The minimum atomic E-state index is 0.0122. The fourth-order valence-corrected chi connectivity index (χ4v) is 0.999. The van der Waals surface area contributed by atoms with Gasteiger partial charge in [-0.1, -0.05) is 29.8 Å². The first-order chi connectivity index (χ1) is 5.74. The predicted octanol–water partition coefficient (Wildman–Crippen LogP) is 2.99. The van der Waals surface area contributed by atoms with Crippen LogP contribution in [0.4, 0.5) is 0 Å². The zero-order valence-electron chi connectivity index (χ0n) is 7.04. The molecule has 0 amide bonds. The van der Waals surface area contributed by atoms with Crippen LogP contribution in [0.2, 0.25) is 0 Å². The van der Waals surface area contributed by atoms with Gasteiger partial charge in [0.05, 0.1) is 5.56 Å². The number of halogens is 1. The Balaban J connectivity index is 0.000000561. The Morgan fingerprint density at radius 1 is 1.42 bits per heavy atom. The van der Waals surface area contributed by atoms with Crippen molar-refractivity contribution in [3.05, 3.63) is 28.2 Å². The molecule has 1 rings (SSSR count). The summed E-state index contributed by atoms with van der Waals surface area (Å²) in [4.78, 5) is 10.2. The Hall–Kier alpha value is -0.830. The molecule has 0 saturated carbocycles. The van der Waals surface area contributed by atoms with Crippen LogP contribution in [0.25, 0.3) is 0 Å². The molecule has 0 fully saturated rings. The van der Waals surface area contributed by atoms with Crippen molar-refractivity contribution in [2.24, 2.45) is 0 Å². The van der Waals surface area contributed by atoms with Gasteiger partial charge in [-0.3, -0.25) is 4.79 Å². The molecule has 0 unspecified atom stereocenters. The summed E-state index contributed by atoms with van der Waals surface area (Å²) in [5.41, 5.74) is 0.300. The largest absolute Gasteiger partial charge is 0.507 e. The maximum atomic E-state index is 10.2. The summed E-state index contributed by atoms with van der Waals surface area (Å²) in [7, 11) is 0.